The monoisotopic (exact) mass is 304 g/mol. The van der Waals surface area contributed by atoms with Crippen molar-refractivity contribution in [3.63, 3.8) is 0 Å². The summed E-state index contributed by atoms with van der Waals surface area (Å²) in [4.78, 5) is 0. The summed E-state index contributed by atoms with van der Waals surface area (Å²) in [5.74, 6) is 0.639. The van der Waals surface area contributed by atoms with Crippen LogP contribution in [0.25, 0.3) is 0 Å². The summed E-state index contributed by atoms with van der Waals surface area (Å²) in [5.41, 5.74) is 0.763. The van der Waals surface area contributed by atoms with Gasteiger partial charge >= 0.3 is 0 Å². The van der Waals surface area contributed by atoms with E-state index in [2.05, 4.69) is 64.2 Å². The zero-order valence-corrected chi connectivity index (χ0v) is 15.4. The van der Waals surface area contributed by atoms with Gasteiger partial charge in [-0.1, -0.05) is 82.2 Å². The predicted octanol–water partition coefficient (Wildman–Crippen LogP) is 4.98. The van der Waals surface area contributed by atoms with E-state index in [4.69, 9.17) is 4.74 Å². The van der Waals surface area contributed by atoms with Crippen LogP contribution in [0.15, 0.2) is 30.3 Å². The molecule has 2 heteroatoms. The molecular weight excluding hydrogens is 272 g/mol. The average Bonchev–Trinajstić information content (AvgIpc) is 2.91. The van der Waals surface area contributed by atoms with Gasteiger partial charge in [-0.15, -0.1) is 0 Å². The van der Waals surface area contributed by atoms with Gasteiger partial charge in [0.15, 0.2) is 0 Å². The summed E-state index contributed by atoms with van der Waals surface area (Å²) in [5, 5.41) is 1.59. The van der Waals surface area contributed by atoms with Crippen LogP contribution in [-0.4, -0.2) is 20.3 Å². The molecule has 1 saturated heterocycles. The van der Waals surface area contributed by atoms with Gasteiger partial charge in [0.25, 0.3) is 0 Å². The number of ether oxygens (including phenoxy) is 1. The van der Waals surface area contributed by atoms with E-state index in [1.54, 1.807) is 5.19 Å². The molecule has 1 aromatic carbocycles. The van der Waals surface area contributed by atoms with E-state index in [0.717, 1.165) is 5.54 Å². The Kier molecular flexibility index (Phi) is 5.67. The van der Waals surface area contributed by atoms with E-state index in [1.807, 2.05) is 0 Å². The Morgan fingerprint density at radius 2 is 1.86 bits per heavy atom. The molecule has 0 N–H and O–H groups in total. The highest BCUT2D eigenvalue weighted by Crippen LogP contribution is 2.43. The van der Waals surface area contributed by atoms with Crippen molar-refractivity contribution in [2.24, 2.45) is 5.92 Å². The van der Waals surface area contributed by atoms with Crippen molar-refractivity contribution in [1.82, 2.24) is 0 Å². The van der Waals surface area contributed by atoms with Gasteiger partial charge in [-0.3, -0.25) is 0 Å². The molecule has 0 aliphatic carbocycles. The van der Waals surface area contributed by atoms with E-state index < -0.39 is 8.07 Å². The molecule has 2 rings (SSSR count). The summed E-state index contributed by atoms with van der Waals surface area (Å²) in [6.45, 7) is 12.0. The van der Waals surface area contributed by atoms with Crippen molar-refractivity contribution >= 4 is 13.3 Å². The topological polar surface area (TPSA) is 9.23 Å². The highest BCUT2D eigenvalue weighted by Gasteiger charge is 2.46. The molecule has 1 unspecified atom stereocenters. The minimum atomic E-state index is -1.47. The zero-order chi connectivity index (χ0) is 15.5. The molecule has 3 atom stereocenters. The first-order chi connectivity index (χ1) is 9.96. The molecule has 0 radical (unpaired) electrons. The van der Waals surface area contributed by atoms with Gasteiger partial charge in [-0.05, 0) is 24.3 Å². The first kappa shape index (κ1) is 16.8. The zero-order valence-electron chi connectivity index (χ0n) is 14.4. The van der Waals surface area contributed by atoms with Crippen LogP contribution in [0.2, 0.25) is 18.6 Å². The quantitative estimate of drug-likeness (QED) is 0.674. The van der Waals surface area contributed by atoms with Crippen molar-refractivity contribution in [1.29, 1.82) is 0 Å². The van der Waals surface area contributed by atoms with Crippen LogP contribution in [0.1, 0.15) is 46.5 Å². The van der Waals surface area contributed by atoms with Crippen molar-refractivity contribution < 1.29 is 4.74 Å². The highest BCUT2D eigenvalue weighted by molar-refractivity contribution is 6.91. The van der Waals surface area contributed by atoms with Crippen LogP contribution >= 0.6 is 0 Å². The Morgan fingerprint density at radius 3 is 2.43 bits per heavy atom. The van der Waals surface area contributed by atoms with Crippen molar-refractivity contribution in [2.45, 2.75) is 77.3 Å². The molecule has 0 spiro atoms. The molecular formula is C19H32OSi. The van der Waals surface area contributed by atoms with Crippen LogP contribution in [0.5, 0.6) is 0 Å². The second-order valence-electron chi connectivity index (χ2n) is 7.53. The average molecular weight is 305 g/mol. The Balaban J connectivity index is 2.21. The molecule has 1 nitrogen and oxygen atoms in total. The second-order valence-corrected chi connectivity index (χ2v) is 12.3. The minimum absolute atomic E-state index is 0.465. The Bertz CT molecular complexity index is 426. The fourth-order valence-corrected chi connectivity index (χ4v) is 7.20. The lowest BCUT2D eigenvalue weighted by Gasteiger charge is -2.33. The smallest absolute Gasteiger partial charge is 0.0863 e. The maximum Gasteiger partial charge on any atom is 0.0863 e. The summed E-state index contributed by atoms with van der Waals surface area (Å²) in [7, 11) is -1.47. The second kappa shape index (κ2) is 7.10. The van der Waals surface area contributed by atoms with E-state index >= 15 is 0 Å². The van der Waals surface area contributed by atoms with Crippen molar-refractivity contribution in [2.75, 3.05) is 0 Å². The maximum absolute atomic E-state index is 6.48. The van der Waals surface area contributed by atoms with Crippen LogP contribution in [-0.2, 0) is 4.74 Å². The van der Waals surface area contributed by atoms with Gasteiger partial charge < -0.3 is 4.74 Å². The van der Waals surface area contributed by atoms with E-state index in [1.165, 1.54) is 25.7 Å². The summed E-state index contributed by atoms with van der Waals surface area (Å²) in [6.07, 6.45) is 6.03. The largest absolute Gasteiger partial charge is 0.375 e. The molecule has 0 bridgehead atoms. The summed E-state index contributed by atoms with van der Waals surface area (Å²) in [6, 6.07) is 11.2. The molecule has 1 fully saturated rings. The lowest BCUT2D eigenvalue weighted by atomic mass is 10.0. The van der Waals surface area contributed by atoms with Gasteiger partial charge in [0.2, 0.25) is 0 Å². The molecule has 118 valence electrons. The first-order valence-corrected chi connectivity index (χ1v) is 11.8. The van der Waals surface area contributed by atoms with Crippen molar-refractivity contribution in [3.8, 4) is 0 Å². The van der Waals surface area contributed by atoms with Gasteiger partial charge in [-0.25, -0.2) is 0 Å². The Hall–Kier alpha value is -0.603. The van der Waals surface area contributed by atoms with Crippen LogP contribution in [0, 0.1) is 5.92 Å². The van der Waals surface area contributed by atoms with E-state index in [0.29, 0.717) is 18.1 Å². The number of rotatable bonds is 6. The molecule has 1 aliphatic rings. The standard InChI is InChI=1S/C19H32OSi/c1-6-7-13-17-19(14-18(20-17)15(2)3)21(4,5)16-11-9-8-10-12-16/h8-12,15,17-19H,6-7,13-14H2,1-5H3/t17-,18?,19+/m1/s1. The molecule has 0 aromatic heterocycles. The van der Waals surface area contributed by atoms with Crippen LogP contribution in [0.4, 0.5) is 0 Å². The lowest BCUT2D eigenvalue weighted by molar-refractivity contribution is 0.0147. The minimum Gasteiger partial charge on any atom is -0.375 e. The number of hydrogen-bond acceptors (Lipinski definition) is 1. The van der Waals surface area contributed by atoms with Crippen LogP contribution < -0.4 is 5.19 Å². The van der Waals surface area contributed by atoms with Gasteiger partial charge in [0, 0.05) is 0 Å². The SMILES string of the molecule is CCCC[C@H]1OC(C(C)C)C[C@@H]1[Si](C)(C)c1ccccc1. The van der Waals surface area contributed by atoms with E-state index in [-0.39, 0.29) is 0 Å². The molecule has 0 amide bonds. The van der Waals surface area contributed by atoms with Crippen LogP contribution in [0.3, 0.4) is 0 Å². The Labute approximate surface area is 132 Å². The summed E-state index contributed by atoms with van der Waals surface area (Å²) < 4.78 is 6.48. The molecule has 21 heavy (non-hydrogen) atoms. The third-order valence-electron chi connectivity index (χ3n) is 5.32. The fourth-order valence-electron chi connectivity index (χ4n) is 3.72. The van der Waals surface area contributed by atoms with Crippen molar-refractivity contribution in [3.05, 3.63) is 30.3 Å². The fraction of sp³-hybridized carbons (Fsp3) is 0.684. The summed E-state index contributed by atoms with van der Waals surface area (Å²) >= 11 is 0. The normalized spacial score (nSPS) is 26.5. The van der Waals surface area contributed by atoms with E-state index in [9.17, 15) is 0 Å². The Morgan fingerprint density at radius 1 is 1.19 bits per heavy atom. The first-order valence-electron chi connectivity index (χ1n) is 8.67. The van der Waals surface area contributed by atoms with Gasteiger partial charge in [0.1, 0.15) is 0 Å². The highest BCUT2D eigenvalue weighted by atomic mass is 28.3. The molecule has 1 heterocycles. The molecule has 1 aliphatic heterocycles. The third-order valence-corrected chi connectivity index (χ3v) is 9.60. The number of benzene rings is 1. The predicted molar refractivity (Wildman–Crippen MR) is 94.9 cm³/mol. The lowest BCUT2D eigenvalue weighted by Crippen LogP contribution is -2.48. The molecule has 0 saturated carbocycles. The number of hydrogen-bond donors (Lipinski definition) is 0. The maximum atomic E-state index is 6.48. The van der Waals surface area contributed by atoms with Gasteiger partial charge in [0.05, 0.1) is 20.3 Å². The third kappa shape index (κ3) is 3.78. The number of unbranched alkanes of at least 4 members (excludes halogenated alkanes) is 1. The van der Waals surface area contributed by atoms with Gasteiger partial charge in [-0.2, -0.15) is 0 Å². The molecule has 1 aromatic rings.